The summed E-state index contributed by atoms with van der Waals surface area (Å²) in [6.07, 6.45) is -0.289. The molecule has 2 heterocycles. The second-order valence-corrected chi connectivity index (χ2v) is 7.57. The predicted molar refractivity (Wildman–Crippen MR) is 91.2 cm³/mol. The van der Waals surface area contributed by atoms with Crippen LogP contribution in [0.15, 0.2) is 36.4 Å². The normalized spacial score (nSPS) is 20.2. The van der Waals surface area contributed by atoms with Crippen LogP contribution in [-0.2, 0) is 10.4 Å². The number of ketones is 1. The smallest absolute Gasteiger partial charge is 0.264 e. The molecule has 0 bridgehead atoms. The van der Waals surface area contributed by atoms with Crippen molar-refractivity contribution >= 4 is 40.3 Å². The molecule has 2 aromatic rings. The minimum atomic E-state index is -1.82. The lowest BCUT2D eigenvalue weighted by atomic mass is 9.89. The zero-order valence-corrected chi connectivity index (χ0v) is 14.3. The van der Waals surface area contributed by atoms with Crippen molar-refractivity contribution in [3.8, 4) is 0 Å². The van der Waals surface area contributed by atoms with Gasteiger partial charge in [-0.3, -0.25) is 9.59 Å². The van der Waals surface area contributed by atoms with Crippen LogP contribution in [0.4, 0.5) is 5.69 Å². The van der Waals surface area contributed by atoms with E-state index in [0.717, 1.165) is 11.3 Å². The zero-order chi connectivity index (χ0) is 16.8. The first-order valence-corrected chi connectivity index (χ1v) is 8.48. The number of benzene rings is 1. The van der Waals surface area contributed by atoms with Crippen molar-refractivity contribution in [3.05, 3.63) is 51.2 Å². The average molecular weight is 350 g/mol. The molecule has 0 saturated carbocycles. The van der Waals surface area contributed by atoms with E-state index in [9.17, 15) is 14.7 Å². The van der Waals surface area contributed by atoms with Gasteiger partial charge in [-0.1, -0.05) is 29.8 Å². The van der Waals surface area contributed by atoms with Gasteiger partial charge in [0, 0.05) is 11.6 Å². The number of carbonyl (C=O) groups excluding carboxylic acids is 2. The molecule has 23 heavy (non-hydrogen) atoms. The molecule has 6 heteroatoms. The van der Waals surface area contributed by atoms with Crippen LogP contribution in [0.3, 0.4) is 0 Å². The number of halogens is 1. The van der Waals surface area contributed by atoms with E-state index in [1.807, 2.05) is 19.9 Å². The van der Waals surface area contributed by atoms with E-state index in [-0.39, 0.29) is 18.2 Å². The Morgan fingerprint density at radius 3 is 2.61 bits per heavy atom. The Morgan fingerprint density at radius 2 is 2.00 bits per heavy atom. The first-order valence-electron chi connectivity index (χ1n) is 7.28. The number of thiophene rings is 1. The molecule has 0 fully saturated rings. The van der Waals surface area contributed by atoms with E-state index < -0.39 is 11.5 Å². The minimum absolute atomic E-state index is 0.107. The second kappa shape index (κ2) is 5.74. The summed E-state index contributed by atoms with van der Waals surface area (Å²) in [6.45, 7) is 3.75. The summed E-state index contributed by atoms with van der Waals surface area (Å²) in [5.41, 5.74) is -0.685. The van der Waals surface area contributed by atoms with Crippen molar-refractivity contribution in [2.45, 2.75) is 31.9 Å². The minimum Gasteiger partial charge on any atom is -0.375 e. The summed E-state index contributed by atoms with van der Waals surface area (Å²) < 4.78 is 0.502. The van der Waals surface area contributed by atoms with Gasteiger partial charge in [-0.25, -0.2) is 0 Å². The largest absolute Gasteiger partial charge is 0.375 e. The fourth-order valence-corrected chi connectivity index (χ4v) is 3.91. The quantitative estimate of drug-likeness (QED) is 0.858. The number of aliphatic hydroxyl groups is 1. The molecule has 1 aromatic heterocycles. The summed E-state index contributed by atoms with van der Waals surface area (Å²) in [6, 6.07) is 10.2. The molecule has 0 spiro atoms. The Bertz CT molecular complexity index is 786. The Balaban J connectivity index is 2.00. The third-order valence-corrected chi connectivity index (χ3v) is 5.23. The molecule has 120 valence electrons. The molecular weight excluding hydrogens is 334 g/mol. The third-order valence-electron chi connectivity index (χ3n) is 3.96. The van der Waals surface area contributed by atoms with Crippen molar-refractivity contribution in [1.82, 2.24) is 0 Å². The maximum atomic E-state index is 12.8. The third kappa shape index (κ3) is 2.59. The lowest BCUT2D eigenvalue weighted by Crippen LogP contribution is -2.44. The van der Waals surface area contributed by atoms with Crippen LogP contribution in [0.5, 0.6) is 0 Å². The number of fused-ring (bicyclic) bond motifs is 1. The molecule has 4 nitrogen and oxygen atoms in total. The van der Waals surface area contributed by atoms with Gasteiger partial charge in [-0.2, -0.15) is 0 Å². The highest BCUT2D eigenvalue weighted by Gasteiger charge is 2.51. The number of nitrogens with zero attached hydrogens (tertiary/aromatic N) is 1. The average Bonchev–Trinajstić information content (AvgIpc) is 3.01. The van der Waals surface area contributed by atoms with E-state index >= 15 is 0 Å². The van der Waals surface area contributed by atoms with Crippen LogP contribution < -0.4 is 4.90 Å². The highest BCUT2D eigenvalue weighted by atomic mass is 35.5. The van der Waals surface area contributed by atoms with Crippen molar-refractivity contribution in [2.75, 3.05) is 4.90 Å². The molecule has 1 atom stereocenters. The lowest BCUT2D eigenvalue weighted by Gasteiger charge is -2.25. The molecule has 1 amide bonds. The van der Waals surface area contributed by atoms with E-state index in [0.29, 0.717) is 20.5 Å². The van der Waals surface area contributed by atoms with Crippen LogP contribution >= 0.6 is 22.9 Å². The van der Waals surface area contributed by atoms with Crippen LogP contribution in [-0.4, -0.2) is 22.8 Å². The number of hydrogen-bond donors (Lipinski definition) is 1. The van der Waals surface area contributed by atoms with Gasteiger partial charge in [0.1, 0.15) is 0 Å². The number of carbonyl (C=O) groups is 2. The van der Waals surface area contributed by atoms with Crippen molar-refractivity contribution in [1.29, 1.82) is 0 Å². The standard InChI is InChI=1S/C17H16ClNO3S/c1-10(2)19-12-6-4-3-5-11(12)17(22,16(19)21)9-13(20)14-7-8-15(18)23-14/h3-8,10,22H,9H2,1-2H3/t17-/m1/s1. The van der Waals surface area contributed by atoms with Gasteiger partial charge >= 0.3 is 0 Å². The number of anilines is 1. The molecule has 0 aliphatic carbocycles. The molecule has 1 aliphatic rings. The highest BCUT2D eigenvalue weighted by Crippen LogP contribution is 2.44. The number of Topliss-reactive ketones (excluding diaryl/α,β-unsaturated/α-hetero) is 1. The molecule has 0 radical (unpaired) electrons. The Hall–Kier alpha value is -1.69. The first kappa shape index (κ1) is 16.2. The van der Waals surface area contributed by atoms with Gasteiger partial charge < -0.3 is 10.0 Å². The highest BCUT2D eigenvalue weighted by molar-refractivity contribution is 7.18. The Labute approximate surface area is 143 Å². The zero-order valence-electron chi connectivity index (χ0n) is 12.7. The van der Waals surface area contributed by atoms with Gasteiger partial charge in [-0.05, 0) is 32.0 Å². The molecular formula is C17H16ClNO3S. The number of hydrogen-bond acceptors (Lipinski definition) is 4. The molecule has 1 aliphatic heterocycles. The molecule has 1 aromatic carbocycles. The predicted octanol–water partition coefficient (Wildman–Crippen LogP) is 3.62. The maximum Gasteiger partial charge on any atom is 0.264 e. The van der Waals surface area contributed by atoms with Gasteiger partial charge in [0.25, 0.3) is 5.91 Å². The Morgan fingerprint density at radius 1 is 1.30 bits per heavy atom. The van der Waals surface area contributed by atoms with E-state index in [2.05, 4.69) is 0 Å². The van der Waals surface area contributed by atoms with E-state index in [1.165, 1.54) is 0 Å². The molecule has 0 unspecified atom stereocenters. The summed E-state index contributed by atoms with van der Waals surface area (Å²) >= 11 is 7.01. The first-order chi connectivity index (χ1) is 10.8. The van der Waals surface area contributed by atoms with Crippen LogP contribution in [0.25, 0.3) is 0 Å². The molecule has 3 rings (SSSR count). The number of para-hydroxylation sites is 1. The summed E-state index contributed by atoms with van der Waals surface area (Å²) in [5.74, 6) is -0.747. The SMILES string of the molecule is CC(C)N1C(=O)[C@@](O)(CC(=O)c2ccc(Cl)s2)c2ccccc21. The van der Waals surface area contributed by atoms with E-state index in [1.54, 1.807) is 35.2 Å². The van der Waals surface area contributed by atoms with Crippen molar-refractivity contribution in [2.24, 2.45) is 0 Å². The fourth-order valence-electron chi connectivity index (χ4n) is 2.92. The van der Waals surface area contributed by atoms with Gasteiger partial charge in [-0.15, -0.1) is 11.3 Å². The second-order valence-electron chi connectivity index (χ2n) is 5.85. The van der Waals surface area contributed by atoms with Gasteiger partial charge in [0.05, 0.1) is 21.3 Å². The van der Waals surface area contributed by atoms with Crippen LogP contribution in [0, 0.1) is 0 Å². The maximum absolute atomic E-state index is 12.8. The monoisotopic (exact) mass is 349 g/mol. The topological polar surface area (TPSA) is 57.6 Å². The van der Waals surface area contributed by atoms with Crippen LogP contribution in [0.1, 0.15) is 35.5 Å². The van der Waals surface area contributed by atoms with Gasteiger partial charge in [0.15, 0.2) is 11.4 Å². The summed E-state index contributed by atoms with van der Waals surface area (Å²) in [5, 5.41) is 11.0. The Kier molecular flexibility index (Phi) is 4.04. The summed E-state index contributed by atoms with van der Waals surface area (Å²) in [4.78, 5) is 27.3. The van der Waals surface area contributed by atoms with Gasteiger partial charge in [0.2, 0.25) is 0 Å². The van der Waals surface area contributed by atoms with Crippen molar-refractivity contribution in [3.63, 3.8) is 0 Å². The van der Waals surface area contributed by atoms with Crippen LogP contribution in [0.2, 0.25) is 4.34 Å². The lowest BCUT2D eigenvalue weighted by molar-refractivity contribution is -0.136. The van der Waals surface area contributed by atoms with Crippen molar-refractivity contribution < 1.29 is 14.7 Å². The number of amides is 1. The number of rotatable bonds is 4. The van der Waals surface area contributed by atoms with E-state index in [4.69, 9.17) is 11.6 Å². The fraction of sp³-hybridized carbons (Fsp3) is 0.294. The molecule has 0 saturated heterocycles. The summed E-state index contributed by atoms with van der Waals surface area (Å²) in [7, 11) is 0. The molecule has 1 N–H and O–H groups in total.